The number of carbonyl (C=O) groups is 1. The molecule has 0 heterocycles. The van der Waals surface area contributed by atoms with E-state index in [2.05, 4.69) is 30.3 Å². The standard InChI is InChI=1S/C25H17NO/c27-25-22-13-7-6-12-21(22)24(26-20-10-2-1-3-11-20)23(25)19-15-14-17-8-4-5-9-18(17)16-19/h1-16,23H. The molecule has 0 fully saturated rings. The van der Waals surface area contributed by atoms with E-state index < -0.39 is 0 Å². The minimum absolute atomic E-state index is 0.121. The van der Waals surface area contributed by atoms with Gasteiger partial charge in [-0.15, -0.1) is 0 Å². The number of rotatable bonds is 2. The molecule has 128 valence electrons. The van der Waals surface area contributed by atoms with Crippen LogP contribution in [0, 0.1) is 0 Å². The van der Waals surface area contributed by atoms with E-state index in [1.807, 2.05) is 66.7 Å². The molecule has 0 aliphatic heterocycles. The second-order valence-electron chi connectivity index (χ2n) is 6.78. The highest BCUT2D eigenvalue weighted by molar-refractivity contribution is 6.32. The van der Waals surface area contributed by atoms with E-state index in [1.165, 1.54) is 5.39 Å². The summed E-state index contributed by atoms with van der Waals surface area (Å²) in [4.78, 5) is 18.1. The van der Waals surface area contributed by atoms with Gasteiger partial charge >= 0.3 is 0 Å². The van der Waals surface area contributed by atoms with E-state index in [1.54, 1.807) is 0 Å². The van der Waals surface area contributed by atoms with E-state index >= 15 is 0 Å². The molecule has 1 atom stereocenters. The third-order valence-electron chi connectivity index (χ3n) is 5.12. The second-order valence-corrected chi connectivity index (χ2v) is 6.78. The fraction of sp³-hybridized carbons (Fsp3) is 0.0400. The van der Waals surface area contributed by atoms with Crippen LogP contribution < -0.4 is 0 Å². The molecular weight excluding hydrogens is 330 g/mol. The van der Waals surface area contributed by atoms with Crippen LogP contribution in [0.3, 0.4) is 0 Å². The van der Waals surface area contributed by atoms with Crippen molar-refractivity contribution in [1.29, 1.82) is 0 Å². The van der Waals surface area contributed by atoms with Crippen molar-refractivity contribution in [1.82, 2.24) is 0 Å². The van der Waals surface area contributed by atoms with Gasteiger partial charge in [0.25, 0.3) is 0 Å². The van der Waals surface area contributed by atoms with Crippen LogP contribution in [0.2, 0.25) is 0 Å². The minimum Gasteiger partial charge on any atom is -0.293 e. The van der Waals surface area contributed by atoms with Gasteiger partial charge in [-0.3, -0.25) is 9.79 Å². The highest BCUT2D eigenvalue weighted by atomic mass is 16.1. The van der Waals surface area contributed by atoms with Gasteiger partial charge in [0.05, 0.1) is 17.3 Å². The molecule has 4 aromatic rings. The predicted molar refractivity (Wildman–Crippen MR) is 110 cm³/mol. The molecule has 0 saturated heterocycles. The van der Waals surface area contributed by atoms with Crippen LogP contribution in [-0.4, -0.2) is 11.5 Å². The van der Waals surface area contributed by atoms with E-state index in [0.29, 0.717) is 0 Å². The van der Waals surface area contributed by atoms with Crippen LogP contribution >= 0.6 is 0 Å². The molecule has 2 nitrogen and oxygen atoms in total. The molecule has 0 saturated carbocycles. The molecule has 1 aliphatic rings. The summed E-state index contributed by atoms with van der Waals surface area (Å²) in [5, 5.41) is 2.31. The van der Waals surface area contributed by atoms with E-state index in [0.717, 1.165) is 33.5 Å². The van der Waals surface area contributed by atoms with Crippen LogP contribution in [-0.2, 0) is 0 Å². The molecule has 4 aromatic carbocycles. The molecule has 0 amide bonds. The van der Waals surface area contributed by atoms with Gasteiger partial charge < -0.3 is 0 Å². The maximum atomic E-state index is 13.3. The number of Topliss-reactive ketones (excluding diaryl/α,β-unsaturated/α-hetero) is 1. The van der Waals surface area contributed by atoms with Gasteiger partial charge in [0.2, 0.25) is 0 Å². The molecular formula is C25H17NO. The molecule has 1 unspecified atom stereocenters. The van der Waals surface area contributed by atoms with Crippen LogP contribution in [0.4, 0.5) is 5.69 Å². The Morgan fingerprint density at radius 2 is 1.30 bits per heavy atom. The molecule has 0 spiro atoms. The molecule has 0 bridgehead atoms. The number of carbonyl (C=O) groups excluding carboxylic acids is 1. The van der Waals surface area contributed by atoms with Crippen molar-refractivity contribution < 1.29 is 4.79 Å². The van der Waals surface area contributed by atoms with Gasteiger partial charge in [0.1, 0.15) is 0 Å². The Hall–Kier alpha value is -3.52. The first kappa shape index (κ1) is 15.7. The monoisotopic (exact) mass is 347 g/mol. The van der Waals surface area contributed by atoms with Crippen molar-refractivity contribution in [2.24, 2.45) is 4.99 Å². The molecule has 0 radical (unpaired) electrons. The number of aliphatic imine (C=N–C) groups is 1. The Labute approximate surface area is 157 Å². The van der Waals surface area contributed by atoms with Crippen molar-refractivity contribution in [3.63, 3.8) is 0 Å². The molecule has 0 aromatic heterocycles. The first-order valence-corrected chi connectivity index (χ1v) is 9.07. The third kappa shape index (κ3) is 2.67. The van der Waals surface area contributed by atoms with E-state index in [9.17, 15) is 4.79 Å². The molecule has 0 N–H and O–H groups in total. The molecule has 5 rings (SSSR count). The summed E-state index contributed by atoms with van der Waals surface area (Å²) in [5.74, 6) is -0.247. The van der Waals surface area contributed by atoms with Gasteiger partial charge in [-0.05, 0) is 28.5 Å². The van der Waals surface area contributed by atoms with Crippen molar-refractivity contribution in [3.8, 4) is 0 Å². The summed E-state index contributed by atoms with van der Waals surface area (Å²) in [5.41, 5.74) is 4.37. The number of benzene rings is 4. The summed E-state index contributed by atoms with van der Waals surface area (Å²) in [6, 6.07) is 32.1. The summed E-state index contributed by atoms with van der Waals surface area (Å²) >= 11 is 0. The Kier molecular flexibility index (Phi) is 3.68. The molecule has 27 heavy (non-hydrogen) atoms. The Bertz CT molecular complexity index is 1190. The van der Waals surface area contributed by atoms with Gasteiger partial charge in [-0.1, -0.05) is 84.9 Å². The minimum atomic E-state index is -0.368. The fourth-order valence-corrected chi connectivity index (χ4v) is 3.82. The third-order valence-corrected chi connectivity index (χ3v) is 5.12. The quantitative estimate of drug-likeness (QED) is 0.441. The lowest BCUT2D eigenvalue weighted by Gasteiger charge is -2.12. The highest BCUT2D eigenvalue weighted by Crippen LogP contribution is 2.37. The van der Waals surface area contributed by atoms with Crippen molar-refractivity contribution in [3.05, 3.63) is 114 Å². The Morgan fingerprint density at radius 3 is 2.11 bits per heavy atom. The lowest BCUT2D eigenvalue weighted by molar-refractivity contribution is 0.0988. The van der Waals surface area contributed by atoms with Gasteiger partial charge in [-0.2, -0.15) is 0 Å². The van der Waals surface area contributed by atoms with Crippen molar-refractivity contribution in [2.75, 3.05) is 0 Å². The fourth-order valence-electron chi connectivity index (χ4n) is 3.82. The average Bonchev–Trinajstić information content (AvgIpc) is 3.00. The van der Waals surface area contributed by atoms with Crippen LogP contribution in [0.1, 0.15) is 27.4 Å². The average molecular weight is 347 g/mol. The number of ketones is 1. The van der Waals surface area contributed by atoms with Crippen LogP contribution in [0.25, 0.3) is 10.8 Å². The highest BCUT2D eigenvalue weighted by Gasteiger charge is 2.37. The Morgan fingerprint density at radius 1 is 0.630 bits per heavy atom. The number of hydrogen-bond donors (Lipinski definition) is 0. The zero-order valence-corrected chi connectivity index (χ0v) is 14.7. The summed E-state index contributed by atoms with van der Waals surface area (Å²) in [6.45, 7) is 0. The maximum absolute atomic E-state index is 13.3. The van der Waals surface area contributed by atoms with Crippen LogP contribution in [0.5, 0.6) is 0 Å². The second kappa shape index (κ2) is 6.33. The van der Waals surface area contributed by atoms with Gasteiger partial charge in [0.15, 0.2) is 5.78 Å². The topological polar surface area (TPSA) is 29.4 Å². The summed E-state index contributed by atoms with van der Waals surface area (Å²) in [6.07, 6.45) is 0. The normalized spacial score (nSPS) is 17.4. The number of hydrogen-bond acceptors (Lipinski definition) is 2. The summed E-state index contributed by atoms with van der Waals surface area (Å²) < 4.78 is 0. The van der Waals surface area contributed by atoms with Gasteiger partial charge in [0, 0.05) is 11.1 Å². The smallest absolute Gasteiger partial charge is 0.176 e. The van der Waals surface area contributed by atoms with Crippen LogP contribution in [0.15, 0.2) is 102 Å². The molecule has 2 heteroatoms. The van der Waals surface area contributed by atoms with E-state index in [4.69, 9.17) is 4.99 Å². The number of para-hydroxylation sites is 1. The largest absolute Gasteiger partial charge is 0.293 e. The Balaban J connectivity index is 1.71. The maximum Gasteiger partial charge on any atom is 0.176 e. The SMILES string of the molecule is O=C1c2ccccc2C(=Nc2ccccc2)C1c1ccc2ccccc2c1. The molecule has 1 aliphatic carbocycles. The number of fused-ring (bicyclic) bond motifs is 2. The first-order chi connectivity index (χ1) is 13.3. The van der Waals surface area contributed by atoms with Crippen molar-refractivity contribution >= 4 is 28.0 Å². The number of nitrogens with zero attached hydrogens (tertiary/aromatic N) is 1. The first-order valence-electron chi connectivity index (χ1n) is 9.07. The van der Waals surface area contributed by atoms with E-state index in [-0.39, 0.29) is 11.7 Å². The lowest BCUT2D eigenvalue weighted by atomic mass is 9.91. The zero-order chi connectivity index (χ0) is 18.2. The van der Waals surface area contributed by atoms with Gasteiger partial charge in [-0.25, -0.2) is 0 Å². The summed E-state index contributed by atoms with van der Waals surface area (Å²) in [7, 11) is 0. The zero-order valence-electron chi connectivity index (χ0n) is 14.7. The lowest BCUT2D eigenvalue weighted by Crippen LogP contribution is -2.13. The van der Waals surface area contributed by atoms with Crippen molar-refractivity contribution in [2.45, 2.75) is 5.92 Å². The predicted octanol–water partition coefficient (Wildman–Crippen LogP) is 5.94.